The van der Waals surface area contributed by atoms with Crippen LogP contribution in [0.5, 0.6) is 0 Å². The third-order valence-electron chi connectivity index (χ3n) is 6.25. The van der Waals surface area contributed by atoms with E-state index in [0.29, 0.717) is 10.6 Å². The Morgan fingerprint density at radius 3 is 2.39 bits per heavy atom. The molecular weight excluding hydrogens is 507 g/mol. The van der Waals surface area contributed by atoms with Crippen molar-refractivity contribution in [1.29, 1.82) is 0 Å². The lowest BCUT2D eigenvalue weighted by molar-refractivity contribution is -0.139. The first kappa shape index (κ1) is 27.9. The van der Waals surface area contributed by atoms with Gasteiger partial charge >= 0.3 is 10.2 Å². The summed E-state index contributed by atoms with van der Waals surface area (Å²) in [5.41, 5.74) is 0.412. The van der Waals surface area contributed by atoms with E-state index >= 15 is 0 Å². The highest BCUT2D eigenvalue weighted by Crippen LogP contribution is 2.24. The number of halogens is 2. The van der Waals surface area contributed by atoms with Gasteiger partial charge in [-0.3, -0.25) is 9.59 Å². The van der Waals surface area contributed by atoms with Gasteiger partial charge in [-0.1, -0.05) is 48.7 Å². The van der Waals surface area contributed by atoms with E-state index in [-0.39, 0.29) is 24.2 Å². The van der Waals surface area contributed by atoms with Crippen LogP contribution in [0.2, 0.25) is 5.02 Å². The van der Waals surface area contributed by atoms with Crippen LogP contribution in [0.25, 0.3) is 0 Å². The molecule has 8 nitrogen and oxygen atoms in total. The fourth-order valence-electron chi connectivity index (χ4n) is 4.16. The van der Waals surface area contributed by atoms with Crippen LogP contribution < -0.4 is 9.62 Å². The summed E-state index contributed by atoms with van der Waals surface area (Å²) in [7, 11) is -1.63. The normalized spacial score (nSPS) is 15.1. The van der Waals surface area contributed by atoms with Crippen LogP contribution in [0.4, 0.5) is 10.1 Å². The van der Waals surface area contributed by atoms with Crippen LogP contribution in [0.1, 0.15) is 38.2 Å². The lowest BCUT2D eigenvalue weighted by atomic mass is 10.1. The highest BCUT2D eigenvalue weighted by atomic mass is 35.5. The van der Waals surface area contributed by atoms with E-state index in [1.54, 1.807) is 31.2 Å². The monoisotopic (exact) mass is 538 g/mol. The molecule has 1 saturated carbocycles. The van der Waals surface area contributed by atoms with E-state index in [9.17, 15) is 22.4 Å². The van der Waals surface area contributed by atoms with E-state index in [1.807, 2.05) is 0 Å². The van der Waals surface area contributed by atoms with Crippen LogP contribution in [-0.2, 0) is 26.3 Å². The molecule has 0 aliphatic heterocycles. The lowest BCUT2D eigenvalue weighted by Gasteiger charge is -2.33. The second-order valence-electron chi connectivity index (χ2n) is 9.07. The van der Waals surface area contributed by atoms with Crippen molar-refractivity contribution in [1.82, 2.24) is 14.5 Å². The maximum Gasteiger partial charge on any atom is 0.304 e. The fourth-order valence-corrected chi connectivity index (χ4v) is 5.44. The zero-order chi connectivity index (χ0) is 26.5. The van der Waals surface area contributed by atoms with Crippen molar-refractivity contribution in [2.75, 3.05) is 24.9 Å². The Morgan fingerprint density at radius 2 is 1.78 bits per heavy atom. The van der Waals surface area contributed by atoms with Crippen molar-refractivity contribution in [2.24, 2.45) is 0 Å². The van der Waals surface area contributed by atoms with Crippen LogP contribution in [0, 0.1) is 5.82 Å². The number of amides is 2. The lowest BCUT2D eigenvalue weighted by Crippen LogP contribution is -2.53. The van der Waals surface area contributed by atoms with Gasteiger partial charge < -0.3 is 10.2 Å². The number of rotatable bonds is 10. The molecule has 1 atom stereocenters. The van der Waals surface area contributed by atoms with Crippen molar-refractivity contribution >= 4 is 39.3 Å². The molecule has 36 heavy (non-hydrogen) atoms. The predicted molar refractivity (Wildman–Crippen MR) is 138 cm³/mol. The second kappa shape index (κ2) is 12.0. The van der Waals surface area contributed by atoms with Gasteiger partial charge in [-0.25, -0.2) is 8.70 Å². The molecule has 2 aromatic carbocycles. The first-order valence-corrected chi connectivity index (χ1v) is 13.6. The quantitative estimate of drug-likeness (QED) is 0.501. The Bertz CT molecular complexity index is 1190. The molecule has 196 valence electrons. The van der Waals surface area contributed by atoms with Crippen molar-refractivity contribution in [3.8, 4) is 0 Å². The number of hydrogen-bond acceptors (Lipinski definition) is 4. The molecule has 1 fully saturated rings. The summed E-state index contributed by atoms with van der Waals surface area (Å²) in [4.78, 5) is 28.0. The van der Waals surface area contributed by atoms with Crippen LogP contribution in [-0.4, -0.2) is 62.2 Å². The Kier molecular flexibility index (Phi) is 9.32. The van der Waals surface area contributed by atoms with Gasteiger partial charge in [0.05, 0.1) is 5.69 Å². The number of nitrogens with one attached hydrogen (secondary N) is 1. The summed E-state index contributed by atoms with van der Waals surface area (Å²) >= 11 is 6.12. The average Bonchev–Trinajstić information content (AvgIpc) is 3.34. The van der Waals surface area contributed by atoms with Crippen molar-refractivity contribution < 1.29 is 22.4 Å². The molecule has 1 N–H and O–H groups in total. The molecule has 0 aromatic heterocycles. The molecule has 2 amide bonds. The number of nitrogens with zero attached hydrogens (tertiary/aromatic N) is 3. The zero-order valence-corrected chi connectivity index (χ0v) is 22.2. The van der Waals surface area contributed by atoms with Gasteiger partial charge in [0, 0.05) is 31.7 Å². The Balaban J connectivity index is 1.94. The SMILES string of the molecule is CC(C(=O)NC1CCCC1)N(Cc1cccc(Cl)c1)C(=O)CN(c1ccccc1F)S(=O)(=O)N(C)C. The molecule has 0 radical (unpaired) electrons. The number of benzene rings is 2. The Labute approximate surface area is 217 Å². The summed E-state index contributed by atoms with van der Waals surface area (Å²) in [6.45, 7) is 0.926. The third-order valence-corrected chi connectivity index (χ3v) is 8.29. The Morgan fingerprint density at radius 1 is 1.11 bits per heavy atom. The molecule has 11 heteroatoms. The maximum atomic E-state index is 14.7. The van der Waals surface area contributed by atoms with E-state index in [2.05, 4.69) is 5.32 Å². The summed E-state index contributed by atoms with van der Waals surface area (Å²) in [5, 5.41) is 3.46. The highest BCUT2D eigenvalue weighted by molar-refractivity contribution is 7.90. The van der Waals surface area contributed by atoms with E-state index < -0.39 is 34.5 Å². The van der Waals surface area contributed by atoms with Crippen molar-refractivity contribution in [2.45, 2.75) is 51.2 Å². The first-order valence-electron chi connectivity index (χ1n) is 11.8. The summed E-state index contributed by atoms with van der Waals surface area (Å²) in [6.07, 6.45) is 3.82. The molecule has 1 unspecified atom stereocenters. The van der Waals surface area contributed by atoms with Gasteiger partial charge in [0.2, 0.25) is 11.8 Å². The molecular formula is C25H32ClFN4O4S. The van der Waals surface area contributed by atoms with Crippen LogP contribution >= 0.6 is 11.6 Å². The number of hydrogen-bond donors (Lipinski definition) is 1. The minimum absolute atomic E-state index is 0.0196. The minimum atomic E-state index is -4.23. The average molecular weight is 539 g/mol. The van der Waals surface area contributed by atoms with E-state index in [0.717, 1.165) is 40.4 Å². The molecule has 0 spiro atoms. The van der Waals surface area contributed by atoms with Crippen molar-refractivity contribution in [3.05, 3.63) is 64.9 Å². The molecule has 0 saturated heterocycles. The standard InChI is InChI=1S/C25H32ClFN4O4S/c1-18(25(33)28-21-11-4-5-12-21)30(16-19-9-8-10-20(26)15-19)24(32)17-31(36(34,35)29(2)3)23-14-7-6-13-22(23)27/h6-10,13-15,18,21H,4-5,11-12,16-17H2,1-3H3,(H,28,33). The third kappa shape index (κ3) is 6.74. The van der Waals surface area contributed by atoms with Crippen LogP contribution in [0.3, 0.4) is 0 Å². The number of carbonyl (C=O) groups excluding carboxylic acids is 2. The molecule has 1 aliphatic rings. The van der Waals surface area contributed by atoms with Gasteiger partial charge in [-0.2, -0.15) is 12.7 Å². The molecule has 0 heterocycles. The Hall–Kier alpha value is -2.69. The number of para-hydroxylation sites is 1. The summed E-state index contributed by atoms with van der Waals surface area (Å²) < 4.78 is 42.5. The van der Waals surface area contributed by atoms with Crippen LogP contribution in [0.15, 0.2) is 48.5 Å². The zero-order valence-electron chi connectivity index (χ0n) is 20.7. The molecule has 0 bridgehead atoms. The molecule has 2 aromatic rings. The largest absolute Gasteiger partial charge is 0.352 e. The summed E-state index contributed by atoms with van der Waals surface area (Å²) in [5.74, 6) is -1.77. The summed E-state index contributed by atoms with van der Waals surface area (Å²) in [6, 6.07) is 11.3. The van der Waals surface area contributed by atoms with Gasteiger partial charge in [-0.05, 0) is 49.6 Å². The van der Waals surface area contributed by atoms with Crippen molar-refractivity contribution in [3.63, 3.8) is 0 Å². The highest BCUT2D eigenvalue weighted by Gasteiger charge is 2.34. The number of anilines is 1. The smallest absolute Gasteiger partial charge is 0.304 e. The maximum absolute atomic E-state index is 14.7. The fraction of sp³-hybridized carbons (Fsp3) is 0.440. The van der Waals surface area contributed by atoms with Gasteiger partial charge in [-0.15, -0.1) is 0 Å². The van der Waals surface area contributed by atoms with Gasteiger partial charge in [0.25, 0.3) is 0 Å². The second-order valence-corrected chi connectivity index (χ2v) is 11.6. The van der Waals surface area contributed by atoms with Gasteiger partial charge in [0.1, 0.15) is 18.4 Å². The number of carbonyl (C=O) groups is 2. The van der Waals surface area contributed by atoms with E-state index in [1.165, 1.54) is 37.2 Å². The first-order chi connectivity index (χ1) is 17.0. The molecule has 3 rings (SSSR count). The topological polar surface area (TPSA) is 90.0 Å². The minimum Gasteiger partial charge on any atom is -0.352 e. The van der Waals surface area contributed by atoms with E-state index in [4.69, 9.17) is 11.6 Å². The predicted octanol–water partition coefficient (Wildman–Crippen LogP) is 3.57. The molecule has 1 aliphatic carbocycles. The van der Waals surface area contributed by atoms with Gasteiger partial charge in [0.15, 0.2) is 0 Å².